The van der Waals surface area contributed by atoms with Crippen LogP contribution < -0.4 is 0 Å². The molecule has 54 heavy (non-hydrogen) atoms. The van der Waals surface area contributed by atoms with Gasteiger partial charge >= 0.3 is 5.97 Å². The minimum Gasteiger partial charge on any atom is -0.456 e. The largest absolute Gasteiger partial charge is 0.456 e. The normalized spacial score (nSPS) is 42.4. The van der Waals surface area contributed by atoms with Crippen molar-refractivity contribution in [2.45, 2.75) is 156 Å². The molecule has 4 rings (SSSR count). The van der Waals surface area contributed by atoms with E-state index in [4.69, 9.17) is 23.7 Å². The molecule has 0 aromatic heterocycles. The number of nitrogens with zero attached hydrogens (tertiary/aromatic N) is 1. The van der Waals surface area contributed by atoms with Gasteiger partial charge in [0.25, 0.3) is 11.7 Å². The van der Waals surface area contributed by atoms with E-state index in [1.807, 2.05) is 40.7 Å². The van der Waals surface area contributed by atoms with Gasteiger partial charge in [-0.05, 0) is 94.5 Å². The second-order valence-corrected chi connectivity index (χ2v) is 17.4. The van der Waals surface area contributed by atoms with Crippen LogP contribution in [0.4, 0.5) is 0 Å². The van der Waals surface area contributed by atoms with Crippen LogP contribution in [0.5, 0.6) is 0 Å². The number of amides is 1. The number of hydrogen-bond acceptors (Lipinski definition) is 10. The summed E-state index contributed by atoms with van der Waals surface area (Å²) in [6.45, 7) is 16.1. The van der Waals surface area contributed by atoms with Crippen LogP contribution in [0.25, 0.3) is 0 Å². The fourth-order valence-corrected chi connectivity index (χ4v) is 9.45. The number of carbonyl (C=O) groups excluding carboxylic acids is 4. The molecular formula is C43H69NO10. The molecule has 0 spiro atoms. The van der Waals surface area contributed by atoms with E-state index in [0.29, 0.717) is 38.0 Å². The number of ketones is 2. The van der Waals surface area contributed by atoms with Gasteiger partial charge in [-0.3, -0.25) is 14.4 Å². The standard InChI is InChI=1S/C43H69NO10/c1-24-17-25(2)19-36(51-10)39-37(52-11)22-30(7)43(49,54-39)40(46)41(47)44-16-12-13-33(44)42(48)53-38(31(8)27(4)21-34(45)28(5)18-24)29(6)20-32-15-14-26(3)35(23-32)50-9/h18,20,25-28,30-33,35-39,49H,12-17,19,21-23H2,1-11H3/b24-18+,29-20+. The maximum atomic E-state index is 14.2. The summed E-state index contributed by atoms with van der Waals surface area (Å²) in [6, 6.07) is -1.01. The van der Waals surface area contributed by atoms with E-state index in [1.54, 1.807) is 28.3 Å². The highest BCUT2D eigenvalue weighted by Crippen LogP contribution is 2.39. The lowest BCUT2D eigenvalue weighted by atomic mass is 9.78. The predicted molar refractivity (Wildman–Crippen MR) is 205 cm³/mol. The highest BCUT2D eigenvalue weighted by molar-refractivity contribution is 6.39. The van der Waals surface area contributed by atoms with Crippen molar-refractivity contribution in [3.05, 3.63) is 23.3 Å². The molecule has 11 heteroatoms. The fraction of sp³-hybridized carbons (Fsp3) is 0.814. The first-order valence-corrected chi connectivity index (χ1v) is 20.4. The van der Waals surface area contributed by atoms with Gasteiger partial charge in [-0.15, -0.1) is 0 Å². The zero-order valence-corrected chi connectivity index (χ0v) is 34.8. The molecule has 14 unspecified atom stereocenters. The van der Waals surface area contributed by atoms with Gasteiger partial charge in [-0.2, -0.15) is 0 Å². The van der Waals surface area contributed by atoms with Crippen LogP contribution in [-0.2, 0) is 42.9 Å². The number of carbonyl (C=O) groups is 4. The molecule has 4 aliphatic rings. The highest BCUT2D eigenvalue weighted by atomic mass is 16.7. The second-order valence-electron chi connectivity index (χ2n) is 17.4. The summed E-state index contributed by atoms with van der Waals surface area (Å²) in [7, 11) is 4.86. The number of hydrogen-bond donors (Lipinski definition) is 1. The Kier molecular flexibility index (Phi) is 15.7. The van der Waals surface area contributed by atoms with Gasteiger partial charge in [0.15, 0.2) is 0 Å². The molecule has 2 saturated heterocycles. The number of ether oxygens (including phenoxy) is 5. The molecule has 0 radical (unpaired) electrons. The van der Waals surface area contributed by atoms with Gasteiger partial charge in [0.2, 0.25) is 5.79 Å². The lowest BCUT2D eigenvalue weighted by Gasteiger charge is -2.46. The molecule has 1 saturated carbocycles. The van der Waals surface area contributed by atoms with Crippen molar-refractivity contribution < 1.29 is 48.0 Å². The molecule has 3 fully saturated rings. The Hall–Kier alpha value is -2.44. The first kappa shape index (κ1) is 44.3. The molecule has 0 aromatic carbocycles. The van der Waals surface area contributed by atoms with Crippen molar-refractivity contribution in [1.29, 1.82) is 0 Å². The van der Waals surface area contributed by atoms with E-state index in [2.05, 4.69) is 19.9 Å². The lowest BCUT2D eigenvalue weighted by molar-refractivity contribution is -0.302. The van der Waals surface area contributed by atoms with Crippen LogP contribution in [0.2, 0.25) is 0 Å². The third-order valence-electron chi connectivity index (χ3n) is 13.1. The molecular weight excluding hydrogens is 690 g/mol. The SMILES string of the molecule is COC1CC(/C=C(\C)C2OC(=O)C3CCCN3C(=O)C(=O)C3(O)OC(C(OC)CC(C)C/C(C)=C/C(C)C(=O)CC(C)C2C)C(OC)CC3C)CCC1C. The van der Waals surface area contributed by atoms with Crippen molar-refractivity contribution in [1.82, 2.24) is 4.90 Å². The summed E-state index contributed by atoms with van der Waals surface area (Å²) in [5.41, 5.74) is 1.98. The van der Waals surface area contributed by atoms with Crippen molar-refractivity contribution in [2.24, 2.45) is 41.4 Å². The van der Waals surface area contributed by atoms with Crippen LogP contribution in [-0.4, -0.2) is 104 Å². The molecule has 2 bridgehead atoms. The Morgan fingerprint density at radius 1 is 0.870 bits per heavy atom. The molecule has 306 valence electrons. The number of methoxy groups -OCH3 is 3. The number of fused-ring (bicyclic) bond motifs is 3. The van der Waals surface area contributed by atoms with Crippen LogP contribution in [0.1, 0.15) is 113 Å². The summed E-state index contributed by atoms with van der Waals surface area (Å²) in [6.07, 6.45) is 7.33. The average molecular weight is 760 g/mol. The van der Waals surface area contributed by atoms with E-state index < -0.39 is 59.8 Å². The number of rotatable bonds is 5. The second kappa shape index (κ2) is 19.1. The molecule has 1 aliphatic carbocycles. The minimum absolute atomic E-state index is 0.100. The smallest absolute Gasteiger partial charge is 0.329 e. The van der Waals surface area contributed by atoms with E-state index in [1.165, 1.54) is 4.90 Å². The molecule has 0 aromatic rings. The van der Waals surface area contributed by atoms with Crippen LogP contribution in [0.3, 0.4) is 0 Å². The highest BCUT2D eigenvalue weighted by Gasteiger charge is 2.57. The third kappa shape index (κ3) is 10.1. The van der Waals surface area contributed by atoms with Gasteiger partial charge in [-0.25, -0.2) is 4.79 Å². The van der Waals surface area contributed by atoms with E-state index in [0.717, 1.165) is 30.4 Å². The zero-order valence-electron chi connectivity index (χ0n) is 34.8. The van der Waals surface area contributed by atoms with E-state index >= 15 is 0 Å². The van der Waals surface area contributed by atoms with Crippen molar-refractivity contribution in [2.75, 3.05) is 27.9 Å². The van der Waals surface area contributed by atoms with Gasteiger partial charge in [-0.1, -0.05) is 59.3 Å². The Morgan fingerprint density at radius 2 is 1.52 bits per heavy atom. The van der Waals surface area contributed by atoms with Gasteiger partial charge in [0.1, 0.15) is 24.0 Å². The third-order valence-corrected chi connectivity index (χ3v) is 13.1. The van der Waals surface area contributed by atoms with Crippen molar-refractivity contribution in [3.8, 4) is 0 Å². The topological polar surface area (TPSA) is 138 Å². The Balaban J connectivity index is 1.73. The molecule has 3 aliphatic heterocycles. The summed E-state index contributed by atoms with van der Waals surface area (Å²) < 4.78 is 30.1. The Labute approximate surface area is 323 Å². The van der Waals surface area contributed by atoms with Crippen LogP contribution in [0, 0.1) is 41.4 Å². The number of cyclic esters (lactones) is 1. The Morgan fingerprint density at radius 3 is 2.17 bits per heavy atom. The van der Waals surface area contributed by atoms with Gasteiger partial charge in [0.05, 0.1) is 18.3 Å². The predicted octanol–water partition coefficient (Wildman–Crippen LogP) is 6.24. The van der Waals surface area contributed by atoms with E-state index in [-0.39, 0.29) is 54.4 Å². The van der Waals surface area contributed by atoms with Gasteiger partial charge in [0, 0.05) is 52.0 Å². The number of Topliss-reactive ketones (excluding diaryl/α,β-unsaturated/α-hetero) is 2. The summed E-state index contributed by atoms with van der Waals surface area (Å²) >= 11 is 0. The zero-order chi connectivity index (χ0) is 40.1. The fourth-order valence-electron chi connectivity index (χ4n) is 9.45. The average Bonchev–Trinajstić information content (AvgIpc) is 3.63. The summed E-state index contributed by atoms with van der Waals surface area (Å²) in [4.78, 5) is 57.3. The maximum Gasteiger partial charge on any atom is 0.329 e. The van der Waals surface area contributed by atoms with Crippen molar-refractivity contribution in [3.63, 3.8) is 0 Å². The quantitative estimate of drug-likeness (QED) is 0.195. The molecule has 14 atom stereocenters. The molecule has 1 amide bonds. The van der Waals surface area contributed by atoms with Crippen LogP contribution >= 0.6 is 0 Å². The van der Waals surface area contributed by atoms with Gasteiger partial charge < -0.3 is 33.7 Å². The summed E-state index contributed by atoms with van der Waals surface area (Å²) in [5, 5.41) is 12.0. The maximum absolute atomic E-state index is 14.2. The monoisotopic (exact) mass is 759 g/mol. The van der Waals surface area contributed by atoms with Crippen LogP contribution in [0.15, 0.2) is 23.3 Å². The molecule has 1 N–H and O–H groups in total. The lowest BCUT2D eigenvalue weighted by Crippen LogP contribution is -2.63. The number of esters is 1. The first-order chi connectivity index (χ1) is 25.4. The summed E-state index contributed by atoms with van der Waals surface area (Å²) in [5.74, 6) is -5.61. The number of aliphatic hydroxyl groups is 1. The number of allylic oxidation sites excluding steroid dienone is 3. The molecule has 11 nitrogen and oxygen atoms in total. The van der Waals surface area contributed by atoms with E-state index in [9.17, 15) is 24.3 Å². The minimum atomic E-state index is -2.44. The first-order valence-electron chi connectivity index (χ1n) is 20.4. The molecule has 3 heterocycles. The Bertz CT molecular complexity index is 1390. The van der Waals surface area contributed by atoms with Crippen molar-refractivity contribution >= 4 is 23.4 Å².